The van der Waals surface area contributed by atoms with Crippen molar-refractivity contribution in [2.45, 2.75) is 89.6 Å². The van der Waals surface area contributed by atoms with Gasteiger partial charge in [-0.05, 0) is 103 Å². The van der Waals surface area contributed by atoms with Crippen LogP contribution in [0.2, 0.25) is 0 Å². The molecule has 3 aliphatic carbocycles. The number of morpholine rings is 1. The lowest BCUT2D eigenvalue weighted by molar-refractivity contribution is -0.0812. The maximum atomic E-state index is 11.5. The summed E-state index contributed by atoms with van der Waals surface area (Å²) in [6.45, 7) is 11.8. The molecule has 1 aliphatic heterocycles. The molecule has 7 nitrogen and oxygen atoms in total. The molecule has 0 aromatic heterocycles. The molecule has 4 aliphatic rings. The Labute approximate surface area is 235 Å². The third-order valence-electron chi connectivity index (χ3n) is 10.7. The van der Waals surface area contributed by atoms with Gasteiger partial charge in [0.2, 0.25) is 0 Å². The van der Waals surface area contributed by atoms with E-state index in [0.717, 1.165) is 70.4 Å². The minimum absolute atomic E-state index is 0.0530. The fourth-order valence-corrected chi connectivity index (χ4v) is 9.34. The lowest BCUT2D eigenvalue weighted by Gasteiger charge is -2.60. The van der Waals surface area contributed by atoms with E-state index in [1.54, 1.807) is 6.07 Å². The molecule has 1 saturated heterocycles. The molecule has 1 aromatic rings. The van der Waals surface area contributed by atoms with Crippen LogP contribution in [-0.2, 0) is 21.5 Å². The fourth-order valence-electron chi connectivity index (χ4n) is 8.96. The number of aliphatic hydroxyl groups excluding tert-OH is 1. The van der Waals surface area contributed by atoms with Crippen LogP contribution in [0.1, 0.15) is 88.2 Å². The first kappa shape index (κ1) is 29.1. The number of hydrogen-bond acceptors (Lipinski definition) is 6. The Morgan fingerprint density at radius 1 is 1.18 bits per heavy atom. The molecule has 2 saturated carbocycles. The van der Waals surface area contributed by atoms with Gasteiger partial charge in [-0.3, -0.25) is 4.90 Å². The lowest BCUT2D eigenvalue weighted by Crippen LogP contribution is -2.54. The first-order chi connectivity index (χ1) is 18.7. The molecule has 3 fully saturated rings. The highest BCUT2D eigenvalue weighted by molar-refractivity contribution is 7.84. The Balaban J connectivity index is 1.30. The number of allylic oxidation sites excluding steroid dienone is 1. The third kappa shape index (κ3) is 5.96. The van der Waals surface area contributed by atoms with Crippen LogP contribution < -0.4 is 9.32 Å². The van der Waals surface area contributed by atoms with Crippen LogP contribution >= 0.6 is 0 Å². The van der Waals surface area contributed by atoms with Crippen molar-refractivity contribution in [3.63, 3.8) is 0 Å². The number of ether oxygens (including phenoxy) is 1. The summed E-state index contributed by atoms with van der Waals surface area (Å²) in [6, 6.07) is 5.70. The number of hydrogen-bond donors (Lipinski definition) is 2. The monoisotopic (exact) mass is 560 g/mol. The van der Waals surface area contributed by atoms with Gasteiger partial charge in [0.05, 0.1) is 19.3 Å². The molecule has 5 rings (SSSR count). The van der Waals surface area contributed by atoms with Crippen molar-refractivity contribution in [3.05, 3.63) is 42.0 Å². The minimum atomic E-state index is -4.06. The number of benzene rings is 1. The van der Waals surface area contributed by atoms with Gasteiger partial charge in [-0.25, -0.2) is 0 Å². The second kappa shape index (κ2) is 11.8. The zero-order valence-corrected chi connectivity index (χ0v) is 24.5. The van der Waals surface area contributed by atoms with Crippen LogP contribution in [0, 0.1) is 22.7 Å². The molecule has 3 unspecified atom stereocenters. The topological polar surface area (TPSA) is 102 Å². The van der Waals surface area contributed by atoms with E-state index in [9.17, 15) is 13.5 Å². The average Bonchev–Trinajstić information content (AvgIpc) is 3.21. The SMILES string of the molecule is C=CC12CCc3cc(OS(N)(=O)=O)ccc3C1[C@@H](CCCCCCCN1CCOCC1)C[C@@]1(C)C2CC[C@@H]1O. The summed E-state index contributed by atoms with van der Waals surface area (Å²) in [5.41, 5.74) is 2.33. The predicted molar refractivity (Wildman–Crippen MR) is 154 cm³/mol. The van der Waals surface area contributed by atoms with E-state index in [0.29, 0.717) is 17.8 Å². The minimum Gasteiger partial charge on any atom is -0.393 e. The Bertz CT molecular complexity index is 1120. The molecule has 3 N–H and O–H groups in total. The van der Waals surface area contributed by atoms with Crippen LogP contribution in [-0.4, -0.2) is 57.4 Å². The first-order valence-electron chi connectivity index (χ1n) is 15.1. The fraction of sp³-hybridized carbons (Fsp3) is 0.742. The number of aliphatic hydroxyl groups is 1. The van der Waals surface area contributed by atoms with Crippen LogP contribution in [0.3, 0.4) is 0 Å². The number of fused-ring (bicyclic) bond motifs is 5. The number of unbranched alkanes of at least 4 members (excludes halogenated alkanes) is 4. The molecule has 0 radical (unpaired) electrons. The molecule has 218 valence electrons. The molecular formula is C31H48N2O5S. The summed E-state index contributed by atoms with van der Waals surface area (Å²) in [5, 5.41) is 16.3. The maximum absolute atomic E-state index is 11.5. The summed E-state index contributed by atoms with van der Waals surface area (Å²) in [6.07, 6.45) is 14.1. The molecule has 0 amide bonds. The smallest absolute Gasteiger partial charge is 0.380 e. The van der Waals surface area contributed by atoms with Gasteiger partial charge in [0.15, 0.2) is 0 Å². The van der Waals surface area contributed by atoms with Crippen molar-refractivity contribution >= 4 is 10.3 Å². The first-order valence-corrected chi connectivity index (χ1v) is 16.6. The molecule has 6 atom stereocenters. The average molecular weight is 561 g/mol. The second-order valence-electron chi connectivity index (χ2n) is 12.9. The number of nitrogens with zero attached hydrogens (tertiary/aromatic N) is 1. The van der Waals surface area contributed by atoms with E-state index in [1.165, 1.54) is 44.2 Å². The normalized spacial score (nSPS) is 34.6. The molecular weight excluding hydrogens is 512 g/mol. The zero-order valence-electron chi connectivity index (χ0n) is 23.7. The summed E-state index contributed by atoms with van der Waals surface area (Å²) in [4.78, 5) is 2.52. The van der Waals surface area contributed by atoms with E-state index >= 15 is 0 Å². The highest BCUT2D eigenvalue weighted by Crippen LogP contribution is 2.69. The van der Waals surface area contributed by atoms with E-state index in [4.69, 9.17) is 14.1 Å². The summed E-state index contributed by atoms with van der Waals surface area (Å²) < 4.78 is 33.6. The largest absolute Gasteiger partial charge is 0.393 e. The van der Waals surface area contributed by atoms with Gasteiger partial charge in [0.25, 0.3) is 0 Å². The lowest BCUT2D eigenvalue weighted by atomic mass is 9.44. The Morgan fingerprint density at radius 3 is 2.67 bits per heavy atom. The highest BCUT2D eigenvalue weighted by atomic mass is 32.2. The van der Waals surface area contributed by atoms with Crippen molar-refractivity contribution in [2.24, 2.45) is 27.8 Å². The number of rotatable bonds is 11. The van der Waals surface area contributed by atoms with Gasteiger partial charge in [0.1, 0.15) is 5.75 Å². The maximum Gasteiger partial charge on any atom is 0.380 e. The van der Waals surface area contributed by atoms with E-state index < -0.39 is 10.3 Å². The van der Waals surface area contributed by atoms with Gasteiger partial charge in [-0.15, -0.1) is 6.58 Å². The summed E-state index contributed by atoms with van der Waals surface area (Å²) >= 11 is 0. The van der Waals surface area contributed by atoms with Gasteiger partial charge < -0.3 is 14.0 Å². The molecule has 1 aromatic carbocycles. The molecule has 0 bridgehead atoms. The van der Waals surface area contributed by atoms with Crippen molar-refractivity contribution < 1.29 is 22.4 Å². The van der Waals surface area contributed by atoms with Crippen LogP contribution in [0.4, 0.5) is 0 Å². The van der Waals surface area contributed by atoms with Gasteiger partial charge in [0, 0.05) is 13.1 Å². The Kier molecular flexibility index (Phi) is 8.80. The second-order valence-corrected chi connectivity index (χ2v) is 14.0. The highest BCUT2D eigenvalue weighted by Gasteiger charge is 2.63. The molecule has 0 spiro atoms. The van der Waals surface area contributed by atoms with Crippen LogP contribution in [0.15, 0.2) is 30.9 Å². The molecule has 39 heavy (non-hydrogen) atoms. The molecule has 8 heteroatoms. The third-order valence-corrected chi connectivity index (χ3v) is 11.1. The zero-order chi connectivity index (χ0) is 27.7. The van der Waals surface area contributed by atoms with Gasteiger partial charge in [-0.1, -0.05) is 44.7 Å². The molecule has 1 heterocycles. The standard InChI is InChI=1S/C31H48N2O5S/c1-3-31-15-14-23-21-25(38-39(32,35)36)10-11-26(23)29(31)24(22-30(2)27(31)12-13-28(30)34)9-7-5-4-6-8-16-33-17-19-37-20-18-33/h3,10-11,21,24,27-29,34H,1,4-9,12-20,22H2,2H3,(H2,32,35,36)/t24-,27?,28-,29?,30-,31?/m0/s1. The Morgan fingerprint density at radius 2 is 1.92 bits per heavy atom. The summed E-state index contributed by atoms with van der Waals surface area (Å²) in [7, 11) is -4.06. The summed E-state index contributed by atoms with van der Waals surface area (Å²) in [5.74, 6) is 1.47. The van der Waals surface area contributed by atoms with Crippen molar-refractivity contribution in [2.75, 3.05) is 32.8 Å². The Hall–Kier alpha value is -1.45. The quantitative estimate of drug-likeness (QED) is 0.294. The van der Waals surface area contributed by atoms with Crippen LogP contribution in [0.5, 0.6) is 5.75 Å². The van der Waals surface area contributed by atoms with Crippen LogP contribution in [0.25, 0.3) is 0 Å². The van der Waals surface area contributed by atoms with E-state index in [-0.39, 0.29) is 22.7 Å². The van der Waals surface area contributed by atoms with Gasteiger partial charge >= 0.3 is 10.3 Å². The number of aryl methyl sites for hydroxylation is 1. The van der Waals surface area contributed by atoms with Crippen molar-refractivity contribution in [1.29, 1.82) is 0 Å². The number of nitrogens with two attached hydrogens (primary N) is 1. The van der Waals surface area contributed by atoms with Crippen molar-refractivity contribution in [1.82, 2.24) is 4.90 Å². The van der Waals surface area contributed by atoms with E-state index in [1.807, 2.05) is 6.07 Å². The predicted octanol–water partition coefficient (Wildman–Crippen LogP) is 4.94. The van der Waals surface area contributed by atoms with E-state index in [2.05, 4.69) is 30.5 Å². The van der Waals surface area contributed by atoms with Gasteiger partial charge in [-0.2, -0.15) is 13.6 Å². The van der Waals surface area contributed by atoms with Crippen molar-refractivity contribution in [3.8, 4) is 5.75 Å².